The molecule has 0 amide bonds. The van der Waals surface area contributed by atoms with E-state index in [2.05, 4.69) is 29.2 Å². The second-order valence-corrected chi connectivity index (χ2v) is 6.72. The fraction of sp³-hybridized carbons (Fsp3) is 0.667. The van der Waals surface area contributed by atoms with Crippen molar-refractivity contribution < 1.29 is 14.6 Å². The highest BCUT2D eigenvalue weighted by atomic mass is 35.5. The van der Waals surface area contributed by atoms with Gasteiger partial charge in [0.2, 0.25) is 0 Å². The summed E-state index contributed by atoms with van der Waals surface area (Å²) in [5.74, 6) is 0. The van der Waals surface area contributed by atoms with Crippen LogP contribution in [-0.4, -0.2) is 61.6 Å². The number of methoxy groups -OCH3 is 1. The molecule has 1 aromatic carbocycles. The lowest BCUT2D eigenvalue weighted by molar-refractivity contribution is -0.110. The summed E-state index contributed by atoms with van der Waals surface area (Å²) in [5, 5.41) is 10.2. The van der Waals surface area contributed by atoms with E-state index in [0.29, 0.717) is 6.61 Å². The van der Waals surface area contributed by atoms with Crippen LogP contribution < -0.4 is 5.73 Å². The third-order valence-corrected chi connectivity index (χ3v) is 5.40. The van der Waals surface area contributed by atoms with Crippen LogP contribution in [-0.2, 0) is 15.1 Å². The van der Waals surface area contributed by atoms with Gasteiger partial charge in [0, 0.05) is 39.4 Å². The van der Waals surface area contributed by atoms with Gasteiger partial charge in [-0.2, -0.15) is 0 Å². The van der Waals surface area contributed by atoms with Crippen molar-refractivity contribution in [3.63, 3.8) is 0 Å². The average Bonchev–Trinajstić information content (AvgIpc) is 2.61. The Bertz CT molecular complexity index is 498. The molecule has 2 fully saturated rings. The zero-order valence-electron chi connectivity index (χ0n) is 14.7. The fourth-order valence-corrected chi connectivity index (χ4v) is 3.77. The Morgan fingerprint density at radius 3 is 2.48 bits per heavy atom. The highest BCUT2D eigenvalue weighted by Crippen LogP contribution is 2.36. The van der Waals surface area contributed by atoms with E-state index in [4.69, 9.17) is 15.2 Å². The number of ether oxygens (including phenoxy) is 2. The van der Waals surface area contributed by atoms with Gasteiger partial charge >= 0.3 is 0 Å². The van der Waals surface area contributed by atoms with E-state index >= 15 is 0 Å². The molecule has 144 valence electrons. The fourth-order valence-electron chi connectivity index (χ4n) is 3.77. The number of nitrogens with zero attached hydrogens (tertiary/aromatic N) is 1. The first-order valence-electron chi connectivity index (χ1n) is 8.53. The molecule has 5 nitrogen and oxygen atoms in total. The number of halogens is 2. The molecule has 2 aliphatic rings. The minimum Gasteiger partial charge on any atom is -0.389 e. The van der Waals surface area contributed by atoms with Crippen LogP contribution in [0.1, 0.15) is 24.8 Å². The zero-order valence-corrected chi connectivity index (χ0v) is 16.3. The molecule has 3 atom stereocenters. The molecule has 7 heteroatoms. The molecule has 0 spiro atoms. The lowest BCUT2D eigenvalue weighted by Crippen LogP contribution is -2.55. The molecule has 2 aliphatic heterocycles. The summed E-state index contributed by atoms with van der Waals surface area (Å²) in [6.07, 6.45) is 1.89. The summed E-state index contributed by atoms with van der Waals surface area (Å²) in [4.78, 5) is 2.35. The van der Waals surface area contributed by atoms with Crippen molar-refractivity contribution >= 4 is 24.8 Å². The van der Waals surface area contributed by atoms with E-state index in [9.17, 15) is 5.11 Å². The van der Waals surface area contributed by atoms with Crippen LogP contribution in [0, 0.1) is 0 Å². The molecule has 0 aromatic heterocycles. The van der Waals surface area contributed by atoms with Gasteiger partial charge in [-0.1, -0.05) is 30.3 Å². The summed E-state index contributed by atoms with van der Waals surface area (Å²) in [7, 11) is 1.80. The van der Waals surface area contributed by atoms with Crippen molar-refractivity contribution in [1.29, 1.82) is 0 Å². The summed E-state index contributed by atoms with van der Waals surface area (Å²) < 4.78 is 11.6. The first kappa shape index (κ1) is 22.6. The number of nitrogens with two attached hydrogens (primary N) is 1. The number of benzene rings is 1. The Morgan fingerprint density at radius 2 is 1.88 bits per heavy atom. The lowest BCUT2D eigenvalue weighted by Gasteiger charge is -2.43. The highest BCUT2D eigenvalue weighted by molar-refractivity contribution is 5.85. The van der Waals surface area contributed by atoms with Gasteiger partial charge < -0.3 is 25.2 Å². The topological polar surface area (TPSA) is 68.0 Å². The lowest BCUT2D eigenvalue weighted by atomic mass is 9.84. The summed E-state index contributed by atoms with van der Waals surface area (Å²) in [5.41, 5.74) is 7.00. The van der Waals surface area contributed by atoms with Crippen LogP contribution in [0.15, 0.2) is 30.3 Å². The van der Waals surface area contributed by atoms with Crippen LogP contribution in [0.5, 0.6) is 0 Å². The van der Waals surface area contributed by atoms with Crippen molar-refractivity contribution in [2.75, 3.05) is 33.4 Å². The monoisotopic (exact) mass is 392 g/mol. The van der Waals surface area contributed by atoms with Crippen molar-refractivity contribution in [1.82, 2.24) is 4.90 Å². The van der Waals surface area contributed by atoms with E-state index in [-0.39, 0.29) is 42.6 Å². The maximum absolute atomic E-state index is 10.2. The van der Waals surface area contributed by atoms with Gasteiger partial charge in [0.05, 0.1) is 17.8 Å². The normalized spacial score (nSPS) is 29.3. The molecule has 1 aromatic rings. The van der Waals surface area contributed by atoms with Crippen molar-refractivity contribution in [2.24, 2.45) is 5.73 Å². The summed E-state index contributed by atoms with van der Waals surface area (Å²) in [6.45, 7) is 3.25. The highest BCUT2D eigenvalue weighted by Gasteiger charge is 2.38. The average molecular weight is 393 g/mol. The number of rotatable bonds is 4. The second-order valence-electron chi connectivity index (χ2n) is 6.72. The maximum Gasteiger partial charge on any atom is 0.0975 e. The molecule has 0 saturated carbocycles. The molecule has 2 heterocycles. The van der Waals surface area contributed by atoms with Crippen LogP contribution in [0.4, 0.5) is 0 Å². The van der Waals surface area contributed by atoms with Gasteiger partial charge in [-0.25, -0.2) is 0 Å². The van der Waals surface area contributed by atoms with Gasteiger partial charge in [0.25, 0.3) is 0 Å². The molecule has 0 unspecified atom stereocenters. The third-order valence-electron chi connectivity index (χ3n) is 5.40. The molecule has 0 aliphatic carbocycles. The maximum atomic E-state index is 10.2. The Hall–Kier alpha value is -0.400. The molecule has 0 radical (unpaired) electrons. The smallest absolute Gasteiger partial charge is 0.0975 e. The number of piperidine rings is 1. The van der Waals surface area contributed by atoms with Crippen molar-refractivity contribution in [3.8, 4) is 0 Å². The summed E-state index contributed by atoms with van der Waals surface area (Å²) in [6, 6.07) is 10.3. The standard InChI is InChI=1S/C18H28N2O3.2ClH/c1-22-18(14-5-3-2-4-6-14)8-10-20(11-9-18)13-16-17(21)15(19)7-12-23-16;;/h2-6,15-17,21H,7-13,19H2,1H3;2*1H/t15-,16+,17-;;/m0../s1. The van der Waals surface area contributed by atoms with Gasteiger partial charge in [-0.05, 0) is 24.8 Å². The minimum atomic E-state index is -0.563. The van der Waals surface area contributed by atoms with Crippen LogP contribution in [0.25, 0.3) is 0 Å². The van der Waals surface area contributed by atoms with E-state index < -0.39 is 6.10 Å². The predicted molar refractivity (Wildman–Crippen MR) is 104 cm³/mol. The quantitative estimate of drug-likeness (QED) is 0.819. The van der Waals surface area contributed by atoms with Gasteiger partial charge in [0.15, 0.2) is 0 Å². The first-order chi connectivity index (χ1) is 11.1. The number of hydrogen-bond acceptors (Lipinski definition) is 5. The molecule has 2 saturated heterocycles. The molecule has 3 N–H and O–H groups in total. The van der Waals surface area contributed by atoms with Crippen LogP contribution >= 0.6 is 24.8 Å². The number of hydrogen-bond donors (Lipinski definition) is 2. The number of likely N-dealkylation sites (tertiary alicyclic amines) is 1. The Labute approximate surface area is 162 Å². The largest absolute Gasteiger partial charge is 0.389 e. The van der Waals surface area contributed by atoms with E-state index in [1.54, 1.807) is 7.11 Å². The summed E-state index contributed by atoms with van der Waals surface area (Å²) >= 11 is 0. The predicted octanol–water partition coefficient (Wildman–Crippen LogP) is 1.94. The van der Waals surface area contributed by atoms with Crippen molar-refractivity contribution in [3.05, 3.63) is 35.9 Å². The van der Waals surface area contributed by atoms with Gasteiger partial charge in [-0.3, -0.25) is 0 Å². The Morgan fingerprint density at radius 1 is 1.24 bits per heavy atom. The van der Waals surface area contributed by atoms with Gasteiger partial charge in [-0.15, -0.1) is 24.8 Å². The SMILES string of the molecule is COC1(c2ccccc2)CCN(C[C@H]2OCC[C@H](N)[C@@H]2O)CC1.Cl.Cl. The van der Waals surface area contributed by atoms with Gasteiger partial charge in [0.1, 0.15) is 0 Å². The second kappa shape index (κ2) is 10.1. The Balaban J connectivity index is 0.00000156. The van der Waals surface area contributed by atoms with Crippen LogP contribution in [0.2, 0.25) is 0 Å². The third kappa shape index (κ3) is 5.07. The number of aliphatic hydroxyl groups excluding tert-OH is 1. The van der Waals surface area contributed by atoms with E-state index in [1.807, 2.05) is 6.07 Å². The first-order valence-corrected chi connectivity index (χ1v) is 8.53. The minimum absolute atomic E-state index is 0. The van der Waals surface area contributed by atoms with Crippen molar-refractivity contribution in [2.45, 2.75) is 43.1 Å². The molecule has 25 heavy (non-hydrogen) atoms. The molecule has 0 bridgehead atoms. The molecular weight excluding hydrogens is 363 g/mol. The molecule has 3 rings (SSSR count). The van der Waals surface area contributed by atoms with Crippen LogP contribution in [0.3, 0.4) is 0 Å². The zero-order chi connectivity index (χ0) is 16.3. The number of aliphatic hydroxyl groups is 1. The van der Waals surface area contributed by atoms with E-state index in [1.165, 1.54) is 5.56 Å². The van der Waals surface area contributed by atoms with E-state index in [0.717, 1.165) is 38.9 Å². The molecular formula is C18H30Cl2N2O3. The Kier molecular flexibility index (Phi) is 9.12.